The van der Waals surface area contributed by atoms with E-state index in [-0.39, 0.29) is 5.91 Å². The van der Waals surface area contributed by atoms with Gasteiger partial charge in [-0.25, -0.2) is 0 Å². The molecule has 110 valence electrons. The van der Waals surface area contributed by atoms with Crippen LogP contribution >= 0.6 is 0 Å². The van der Waals surface area contributed by atoms with E-state index >= 15 is 0 Å². The van der Waals surface area contributed by atoms with Crippen molar-refractivity contribution in [3.63, 3.8) is 0 Å². The average molecular weight is 270 g/mol. The maximum atomic E-state index is 11.4. The summed E-state index contributed by atoms with van der Waals surface area (Å²) >= 11 is 0. The largest absolute Gasteiger partial charge is 0.389 e. The normalized spacial score (nSPS) is 21.5. The molecule has 2 fully saturated rings. The van der Waals surface area contributed by atoms with Crippen LogP contribution in [0.2, 0.25) is 0 Å². The highest BCUT2D eigenvalue weighted by Gasteiger charge is 2.22. The predicted molar refractivity (Wildman–Crippen MR) is 72.9 cm³/mol. The first-order valence-electron chi connectivity index (χ1n) is 7.54. The van der Waals surface area contributed by atoms with Gasteiger partial charge in [-0.2, -0.15) is 0 Å². The van der Waals surface area contributed by atoms with Crippen molar-refractivity contribution in [2.24, 2.45) is 0 Å². The molecule has 0 heterocycles. The highest BCUT2D eigenvalue weighted by molar-refractivity contribution is 5.76. The lowest BCUT2D eigenvalue weighted by Crippen LogP contribution is -2.34. The zero-order chi connectivity index (χ0) is 13.5. The molecule has 19 heavy (non-hydrogen) atoms. The molecule has 0 bridgehead atoms. The van der Waals surface area contributed by atoms with E-state index in [9.17, 15) is 9.90 Å². The summed E-state index contributed by atoms with van der Waals surface area (Å²) in [5.74, 6) is 0.103. The van der Waals surface area contributed by atoms with Crippen LogP contribution in [0.1, 0.15) is 44.9 Å². The van der Waals surface area contributed by atoms with Gasteiger partial charge in [0.1, 0.15) is 0 Å². The maximum Gasteiger partial charge on any atom is 0.221 e. The Morgan fingerprint density at radius 3 is 2.68 bits per heavy atom. The van der Waals surface area contributed by atoms with Crippen LogP contribution in [-0.2, 0) is 9.53 Å². The van der Waals surface area contributed by atoms with E-state index in [0.29, 0.717) is 38.3 Å². The summed E-state index contributed by atoms with van der Waals surface area (Å²) in [4.78, 5) is 11.4. The summed E-state index contributed by atoms with van der Waals surface area (Å²) in [7, 11) is 0. The monoisotopic (exact) mass is 270 g/mol. The van der Waals surface area contributed by atoms with E-state index in [0.717, 1.165) is 25.7 Å². The van der Waals surface area contributed by atoms with Crippen molar-refractivity contribution in [1.82, 2.24) is 10.6 Å². The zero-order valence-electron chi connectivity index (χ0n) is 11.6. The summed E-state index contributed by atoms with van der Waals surface area (Å²) in [5.41, 5.74) is 0. The predicted octanol–water partition coefficient (Wildman–Crippen LogP) is 0.565. The highest BCUT2D eigenvalue weighted by atomic mass is 16.5. The summed E-state index contributed by atoms with van der Waals surface area (Å²) in [6.07, 6.45) is 7.33. The molecular weight excluding hydrogens is 244 g/mol. The number of carbonyl (C=O) groups is 1. The van der Waals surface area contributed by atoms with Gasteiger partial charge >= 0.3 is 0 Å². The Hall–Kier alpha value is -0.650. The Morgan fingerprint density at radius 1 is 1.26 bits per heavy atom. The Labute approximate surface area is 115 Å². The van der Waals surface area contributed by atoms with Gasteiger partial charge in [-0.15, -0.1) is 0 Å². The van der Waals surface area contributed by atoms with Crippen LogP contribution < -0.4 is 10.6 Å². The third-order valence-corrected chi connectivity index (χ3v) is 3.68. The Balaban J connectivity index is 1.41. The highest BCUT2D eigenvalue weighted by Crippen LogP contribution is 2.20. The summed E-state index contributed by atoms with van der Waals surface area (Å²) in [6.45, 7) is 1.49. The van der Waals surface area contributed by atoms with E-state index in [2.05, 4.69) is 10.6 Å². The van der Waals surface area contributed by atoms with Crippen LogP contribution in [0.4, 0.5) is 0 Å². The molecule has 0 aromatic rings. The van der Waals surface area contributed by atoms with Crippen molar-refractivity contribution in [2.75, 3.05) is 19.7 Å². The number of hydrogen-bond acceptors (Lipinski definition) is 4. The molecule has 1 atom stereocenters. The Morgan fingerprint density at radius 2 is 2.00 bits per heavy atom. The molecule has 2 saturated carbocycles. The van der Waals surface area contributed by atoms with Crippen LogP contribution in [0.3, 0.4) is 0 Å². The van der Waals surface area contributed by atoms with Crippen molar-refractivity contribution in [2.45, 2.75) is 63.2 Å². The number of amides is 1. The molecular formula is C14H26N2O3. The fourth-order valence-corrected chi connectivity index (χ4v) is 2.36. The number of carbonyl (C=O) groups excluding carboxylic acids is 1. The molecule has 2 aliphatic rings. The topological polar surface area (TPSA) is 70.6 Å². The first-order chi connectivity index (χ1) is 9.24. The fourth-order valence-electron chi connectivity index (χ4n) is 2.36. The van der Waals surface area contributed by atoms with Crippen LogP contribution in [-0.4, -0.2) is 49.0 Å². The van der Waals surface area contributed by atoms with Crippen molar-refractivity contribution in [3.8, 4) is 0 Å². The fraction of sp³-hybridized carbons (Fsp3) is 0.929. The lowest BCUT2D eigenvalue weighted by atomic mass is 10.3. The molecule has 0 spiro atoms. The van der Waals surface area contributed by atoms with Crippen molar-refractivity contribution >= 4 is 5.91 Å². The zero-order valence-corrected chi connectivity index (χ0v) is 11.6. The number of rotatable bonds is 9. The minimum atomic E-state index is -0.480. The van der Waals surface area contributed by atoms with Gasteiger partial charge in [-0.3, -0.25) is 4.79 Å². The molecule has 2 aliphatic carbocycles. The van der Waals surface area contributed by atoms with Crippen molar-refractivity contribution < 1.29 is 14.6 Å². The molecule has 1 amide bonds. The van der Waals surface area contributed by atoms with Crippen LogP contribution in [0.5, 0.6) is 0 Å². The molecule has 0 aliphatic heterocycles. The first-order valence-corrected chi connectivity index (χ1v) is 7.54. The maximum absolute atomic E-state index is 11.4. The van der Waals surface area contributed by atoms with Crippen molar-refractivity contribution in [3.05, 3.63) is 0 Å². The molecule has 2 rings (SSSR count). The van der Waals surface area contributed by atoms with E-state index in [1.807, 2.05) is 0 Å². The lowest BCUT2D eigenvalue weighted by molar-refractivity contribution is -0.121. The summed E-state index contributed by atoms with van der Waals surface area (Å²) in [6, 6.07) is 0.429. The van der Waals surface area contributed by atoms with Gasteiger partial charge in [-0.1, -0.05) is 12.8 Å². The minimum Gasteiger partial charge on any atom is -0.389 e. The van der Waals surface area contributed by atoms with Gasteiger partial charge in [0.25, 0.3) is 0 Å². The number of ether oxygens (including phenoxy) is 1. The smallest absolute Gasteiger partial charge is 0.221 e. The minimum absolute atomic E-state index is 0.103. The van der Waals surface area contributed by atoms with Gasteiger partial charge in [0.2, 0.25) is 5.91 Å². The van der Waals surface area contributed by atoms with Crippen LogP contribution in [0.15, 0.2) is 0 Å². The molecule has 1 unspecified atom stereocenters. The summed E-state index contributed by atoms with van der Waals surface area (Å²) < 4.78 is 5.63. The Kier molecular flexibility index (Phi) is 6.07. The average Bonchev–Trinajstić information content (AvgIpc) is 3.05. The van der Waals surface area contributed by atoms with Crippen LogP contribution in [0.25, 0.3) is 0 Å². The number of aliphatic hydroxyl groups is 1. The second kappa shape index (κ2) is 7.82. The van der Waals surface area contributed by atoms with Crippen LogP contribution in [0, 0.1) is 0 Å². The Bertz CT molecular complexity index is 276. The molecule has 5 heteroatoms. The molecule has 0 radical (unpaired) electrons. The number of hydrogen-bond donors (Lipinski definition) is 3. The van der Waals surface area contributed by atoms with E-state index in [4.69, 9.17) is 4.74 Å². The van der Waals surface area contributed by atoms with E-state index in [1.165, 1.54) is 12.8 Å². The van der Waals surface area contributed by atoms with Gasteiger partial charge in [0.15, 0.2) is 0 Å². The van der Waals surface area contributed by atoms with E-state index in [1.54, 1.807) is 0 Å². The van der Waals surface area contributed by atoms with Gasteiger partial charge in [-0.05, 0) is 25.7 Å². The second-order valence-electron chi connectivity index (χ2n) is 5.69. The van der Waals surface area contributed by atoms with Gasteiger partial charge in [0.05, 0.1) is 18.8 Å². The van der Waals surface area contributed by atoms with Gasteiger partial charge < -0.3 is 20.5 Å². The molecule has 0 aromatic carbocycles. The third kappa shape index (κ3) is 6.36. The molecule has 0 aromatic heterocycles. The standard InChI is InChI=1S/C14H26N2O3/c17-12(10-19-13-3-1-2-4-13)9-15-8-7-14(18)16-11-5-6-11/h11-13,15,17H,1-10H2,(H,16,18). The molecule has 5 nitrogen and oxygen atoms in total. The molecule has 0 saturated heterocycles. The third-order valence-electron chi connectivity index (χ3n) is 3.68. The second-order valence-corrected chi connectivity index (χ2v) is 5.69. The summed E-state index contributed by atoms with van der Waals surface area (Å²) in [5, 5.41) is 15.8. The molecule has 3 N–H and O–H groups in total. The van der Waals surface area contributed by atoms with E-state index < -0.39 is 6.10 Å². The lowest BCUT2D eigenvalue weighted by Gasteiger charge is -2.16. The number of aliphatic hydroxyl groups excluding tert-OH is 1. The number of nitrogens with one attached hydrogen (secondary N) is 2. The van der Waals surface area contributed by atoms with Gasteiger partial charge in [0, 0.05) is 25.6 Å². The first kappa shape index (κ1) is 14.8. The quantitative estimate of drug-likeness (QED) is 0.536. The SMILES string of the molecule is O=C(CCNCC(O)COC1CCCC1)NC1CC1. The van der Waals surface area contributed by atoms with Crippen molar-refractivity contribution in [1.29, 1.82) is 0 Å².